The Kier molecular flexibility index (Phi) is 11.0. The van der Waals surface area contributed by atoms with Crippen molar-refractivity contribution < 1.29 is 44.4 Å². The van der Waals surface area contributed by atoms with E-state index in [4.69, 9.17) is 20.4 Å². The Morgan fingerprint density at radius 2 is 1.50 bits per heavy atom. The molecule has 1 fully saturated rings. The number of benzene rings is 1. The first-order chi connectivity index (χ1) is 16.7. The number of carbonyl (C=O) groups excluding carboxylic acids is 2. The van der Waals surface area contributed by atoms with E-state index in [9.17, 15) is 24.0 Å². The lowest BCUT2D eigenvalue weighted by atomic mass is 9.74. The number of hydrogen-bond acceptors (Lipinski definition) is 6. The van der Waals surface area contributed by atoms with Gasteiger partial charge in [0.25, 0.3) is 0 Å². The van der Waals surface area contributed by atoms with Gasteiger partial charge in [-0.3, -0.25) is 19.3 Å². The van der Waals surface area contributed by atoms with Crippen molar-refractivity contribution in [1.29, 1.82) is 0 Å². The molecule has 1 aromatic carbocycles. The first-order valence-corrected chi connectivity index (χ1v) is 11.8. The smallest absolute Gasteiger partial charge is 0.336 e. The highest BCUT2D eigenvalue weighted by Gasteiger charge is 2.52. The van der Waals surface area contributed by atoms with Crippen LogP contribution in [-0.4, -0.2) is 67.3 Å². The molecule has 5 N–H and O–H groups in total. The molecule has 2 rings (SSSR count). The molecule has 11 heteroatoms. The maximum atomic E-state index is 12.5. The van der Waals surface area contributed by atoms with Crippen LogP contribution in [0.5, 0.6) is 0 Å². The number of urea groups is 1. The molecule has 1 atom stereocenters. The minimum absolute atomic E-state index is 0.0286. The average molecular weight is 509 g/mol. The van der Waals surface area contributed by atoms with Crippen LogP contribution in [-0.2, 0) is 19.2 Å². The molecule has 0 aromatic heterocycles. The van der Waals surface area contributed by atoms with Crippen LogP contribution >= 0.6 is 0 Å². The summed E-state index contributed by atoms with van der Waals surface area (Å²) in [5.74, 6) is -5.05. The van der Waals surface area contributed by atoms with Crippen LogP contribution < -0.4 is 5.32 Å². The molecule has 1 aliphatic rings. The van der Waals surface area contributed by atoms with Crippen LogP contribution in [0, 0.1) is 12.3 Å². The van der Waals surface area contributed by atoms with Gasteiger partial charge in [0, 0.05) is 6.54 Å². The van der Waals surface area contributed by atoms with Crippen LogP contribution in [0.1, 0.15) is 76.5 Å². The maximum Gasteiger partial charge on any atom is 0.336 e. The van der Waals surface area contributed by atoms with E-state index >= 15 is 0 Å². The van der Waals surface area contributed by atoms with Crippen molar-refractivity contribution in [3.8, 4) is 0 Å². The van der Waals surface area contributed by atoms with Crippen LogP contribution in [0.3, 0.4) is 0 Å². The van der Waals surface area contributed by atoms with Crippen molar-refractivity contribution in [1.82, 2.24) is 10.2 Å². The van der Waals surface area contributed by atoms with E-state index in [1.807, 2.05) is 20.8 Å². The topological polar surface area (TPSA) is 182 Å². The van der Waals surface area contributed by atoms with Gasteiger partial charge < -0.3 is 25.7 Å². The summed E-state index contributed by atoms with van der Waals surface area (Å²) in [7, 11) is 0. The molecule has 0 spiro atoms. The zero-order chi connectivity index (χ0) is 27.7. The molecule has 1 aliphatic heterocycles. The summed E-state index contributed by atoms with van der Waals surface area (Å²) in [5.41, 5.74) is -0.765. The van der Waals surface area contributed by atoms with Gasteiger partial charge in [0.1, 0.15) is 0 Å². The number of amides is 3. The van der Waals surface area contributed by atoms with E-state index in [1.54, 1.807) is 0 Å². The van der Waals surface area contributed by atoms with E-state index in [0.29, 0.717) is 6.54 Å². The summed E-state index contributed by atoms with van der Waals surface area (Å²) in [5, 5.41) is 36.8. The molecule has 0 bridgehead atoms. The molecule has 0 unspecified atom stereocenters. The molecular formula is C25H36N2O9. The molecule has 0 saturated carbocycles. The van der Waals surface area contributed by atoms with Gasteiger partial charge in [-0.2, -0.15) is 0 Å². The molecule has 200 valence electrons. The second-order valence-electron chi connectivity index (χ2n) is 9.06. The fraction of sp³-hybridized carbons (Fsp3) is 0.560. The predicted molar refractivity (Wildman–Crippen MR) is 129 cm³/mol. The third-order valence-electron chi connectivity index (χ3n) is 6.40. The second kappa shape index (κ2) is 13.0. The van der Waals surface area contributed by atoms with E-state index in [-0.39, 0.29) is 23.4 Å². The Morgan fingerprint density at radius 3 is 1.86 bits per heavy atom. The Morgan fingerprint density at radius 1 is 1.00 bits per heavy atom. The van der Waals surface area contributed by atoms with Gasteiger partial charge in [-0.15, -0.1) is 0 Å². The first-order valence-electron chi connectivity index (χ1n) is 11.8. The lowest BCUT2D eigenvalue weighted by Gasteiger charge is -2.47. The minimum atomic E-state index is -2.74. The van der Waals surface area contributed by atoms with Gasteiger partial charge in [0.05, 0.1) is 24.3 Å². The van der Waals surface area contributed by atoms with Crippen LogP contribution in [0.2, 0.25) is 0 Å². The minimum Gasteiger partial charge on any atom is -0.481 e. The van der Waals surface area contributed by atoms with Crippen molar-refractivity contribution in [2.45, 2.75) is 77.9 Å². The van der Waals surface area contributed by atoms with Crippen molar-refractivity contribution >= 4 is 29.8 Å². The molecule has 0 aliphatic carbocycles. The first kappa shape index (κ1) is 30.6. The number of carboxylic acid groups (broad SMARTS) is 3. The Labute approximate surface area is 210 Å². The highest BCUT2D eigenvalue weighted by atomic mass is 16.4. The number of nitrogens with one attached hydrogen (secondary N) is 1. The van der Waals surface area contributed by atoms with Crippen LogP contribution in [0.4, 0.5) is 4.79 Å². The molecule has 1 aromatic rings. The fourth-order valence-corrected chi connectivity index (χ4v) is 3.93. The number of nitrogens with zero attached hydrogens (tertiary/aromatic N) is 1. The number of hydrogen-bond donors (Lipinski definition) is 5. The lowest BCUT2D eigenvalue weighted by molar-refractivity contribution is -0.170. The van der Waals surface area contributed by atoms with Gasteiger partial charge in [0.15, 0.2) is 5.60 Å². The van der Waals surface area contributed by atoms with Gasteiger partial charge in [0.2, 0.25) is 5.91 Å². The van der Waals surface area contributed by atoms with E-state index in [2.05, 4.69) is 36.5 Å². The molecule has 36 heavy (non-hydrogen) atoms. The number of β-lactam (4-membered cyclic amide) rings is 1. The monoisotopic (exact) mass is 508 g/mol. The molecule has 0 radical (unpaired) electrons. The van der Waals surface area contributed by atoms with Gasteiger partial charge in [-0.1, -0.05) is 57.0 Å². The summed E-state index contributed by atoms with van der Waals surface area (Å²) in [4.78, 5) is 56.7. The number of aliphatic hydroxyl groups is 1. The predicted octanol–water partition coefficient (Wildman–Crippen LogP) is 2.95. The third-order valence-corrected chi connectivity index (χ3v) is 6.40. The normalized spacial score (nSPS) is 15.1. The third kappa shape index (κ3) is 7.77. The van der Waals surface area contributed by atoms with Gasteiger partial charge in [-0.05, 0) is 31.7 Å². The number of likely N-dealkylation sites (tertiary alicyclic amines) is 1. The maximum absolute atomic E-state index is 12.5. The van der Waals surface area contributed by atoms with Crippen molar-refractivity contribution in [2.75, 3.05) is 6.54 Å². The number of rotatable bonds is 11. The van der Waals surface area contributed by atoms with Crippen LogP contribution in [0.25, 0.3) is 0 Å². The largest absolute Gasteiger partial charge is 0.481 e. The standard InChI is InChI=1S/C19H28N2O2.C6H8O7/c1-5-8-16(15-11-9-14(4)10-12-15)20-18(23)21-13-19(6-2,7-3)17(21)22;7-3(8)1-6(13,5(11)12)2-4(9)10/h9-12,16H,5-8,13H2,1-4H3,(H,20,23);13H,1-2H2,(H,7,8)(H,9,10)(H,11,12)/t16-;/m1./s1. The van der Waals surface area contributed by atoms with E-state index in [1.165, 1.54) is 10.5 Å². The Balaban J connectivity index is 0.000000426. The van der Waals surface area contributed by atoms with Crippen molar-refractivity contribution in [2.24, 2.45) is 5.41 Å². The molecule has 1 saturated heterocycles. The zero-order valence-electron chi connectivity index (χ0n) is 21.1. The number of aryl methyl sites for hydroxylation is 1. The number of imide groups is 1. The fourth-order valence-electron chi connectivity index (χ4n) is 3.93. The summed E-state index contributed by atoms with van der Waals surface area (Å²) < 4.78 is 0. The molecule has 11 nitrogen and oxygen atoms in total. The Hall–Kier alpha value is -3.47. The Bertz CT molecular complexity index is 939. The summed E-state index contributed by atoms with van der Waals surface area (Å²) in [6.45, 7) is 8.72. The number of carboxylic acids is 3. The number of aliphatic carboxylic acids is 3. The SMILES string of the molecule is CCC[C@@H](NC(=O)N1CC(CC)(CC)C1=O)c1ccc(C)cc1.O=C(O)CC(O)(CC(=O)O)C(=O)O. The van der Waals surface area contributed by atoms with Crippen molar-refractivity contribution in [3.63, 3.8) is 0 Å². The molecule has 1 heterocycles. The van der Waals surface area contributed by atoms with Gasteiger partial charge in [-0.25, -0.2) is 9.59 Å². The zero-order valence-corrected chi connectivity index (χ0v) is 21.1. The van der Waals surface area contributed by atoms with Crippen LogP contribution in [0.15, 0.2) is 24.3 Å². The second-order valence-corrected chi connectivity index (χ2v) is 9.06. The summed E-state index contributed by atoms with van der Waals surface area (Å²) >= 11 is 0. The lowest BCUT2D eigenvalue weighted by Crippen LogP contribution is -2.65. The quantitative estimate of drug-likeness (QED) is 0.281. The van der Waals surface area contributed by atoms with E-state index < -0.39 is 36.4 Å². The van der Waals surface area contributed by atoms with Crippen molar-refractivity contribution in [3.05, 3.63) is 35.4 Å². The van der Waals surface area contributed by atoms with Gasteiger partial charge >= 0.3 is 23.9 Å². The highest BCUT2D eigenvalue weighted by Crippen LogP contribution is 2.38. The van der Waals surface area contributed by atoms with E-state index in [0.717, 1.165) is 31.2 Å². The highest BCUT2D eigenvalue weighted by molar-refractivity contribution is 6.02. The summed E-state index contributed by atoms with van der Waals surface area (Å²) in [6.07, 6.45) is 1.14. The average Bonchev–Trinajstić information content (AvgIpc) is 2.78. The summed E-state index contributed by atoms with van der Waals surface area (Å²) in [6, 6.07) is 7.91. The molecule has 3 amide bonds. The molecular weight excluding hydrogens is 472 g/mol. The number of carbonyl (C=O) groups is 5.